The number of aromatic nitrogens is 2. The van der Waals surface area contributed by atoms with Gasteiger partial charge >= 0.3 is 0 Å². The first-order valence-electron chi connectivity index (χ1n) is 12.6. The zero-order valence-electron chi connectivity index (χ0n) is 20.7. The lowest BCUT2D eigenvalue weighted by Gasteiger charge is -2.34. The van der Waals surface area contributed by atoms with Crippen molar-refractivity contribution in [1.29, 1.82) is 0 Å². The molecule has 6 aromatic rings. The molecule has 4 aromatic carbocycles. The lowest BCUT2D eigenvalue weighted by Crippen LogP contribution is -2.25. The molecular weight excluding hydrogens is 424 g/mol. The van der Waals surface area contributed by atoms with Crippen LogP contribution in [0.3, 0.4) is 0 Å². The highest BCUT2D eigenvalue weighted by atomic mass is 14.8. The molecule has 0 spiro atoms. The lowest BCUT2D eigenvalue weighted by atomic mass is 9.71. The highest BCUT2D eigenvalue weighted by molar-refractivity contribution is 6.21. The van der Waals surface area contributed by atoms with Crippen LogP contribution in [-0.2, 0) is 11.8 Å². The normalized spacial score (nSPS) is 14.3. The van der Waals surface area contributed by atoms with Gasteiger partial charge in [-0.2, -0.15) is 0 Å². The molecule has 2 nitrogen and oxygen atoms in total. The predicted octanol–water partition coefficient (Wildman–Crippen LogP) is 8.59. The molecule has 0 unspecified atom stereocenters. The summed E-state index contributed by atoms with van der Waals surface area (Å²) in [6.07, 6.45) is 3.06. The van der Waals surface area contributed by atoms with Crippen LogP contribution >= 0.6 is 0 Å². The summed E-state index contributed by atoms with van der Waals surface area (Å²) >= 11 is 0. The van der Waals surface area contributed by atoms with E-state index in [2.05, 4.69) is 100 Å². The molecule has 35 heavy (non-hydrogen) atoms. The van der Waals surface area contributed by atoms with Gasteiger partial charge in [0.05, 0.1) is 16.9 Å². The van der Waals surface area contributed by atoms with Crippen LogP contribution in [0.25, 0.3) is 54.5 Å². The quantitative estimate of drug-likeness (QED) is 0.246. The number of fused-ring (bicyclic) bond motifs is 7. The molecule has 0 radical (unpaired) electrons. The Hall–Kier alpha value is -3.78. The second-order valence-electron chi connectivity index (χ2n) is 11.0. The van der Waals surface area contributed by atoms with Gasteiger partial charge in [0.25, 0.3) is 0 Å². The number of nitrogens with zero attached hydrogens (tertiary/aromatic N) is 2. The van der Waals surface area contributed by atoms with E-state index in [4.69, 9.17) is 9.97 Å². The highest BCUT2D eigenvalue weighted by Gasteiger charge is 2.36. The summed E-state index contributed by atoms with van der Waals surface area (Å²) in [6, 6.07) is 26.9. The van der Waals surface area contributed by atoms with E-state index >= 15 is 0 Å². The Bertz CT molecular complexity index is 1830. The molecule has 0 bridgehead atoms. The molecule has 2 aromatic heterocycles. The van der Waals surface area contributed by atoms with Gasteiger partial charge in [-0.25, -0.2) is 0 Å². The number of hydrogen-bond acceptors (Lipinski definition) is 2. The van der Waals surface area contributed by atoms with Gasteiger partial charge in [0, 0.05) is 27.9 Å². The van der Waals surface area contributed by atoms with Gasteiger partial charge in [0.1, 0.15) is 0 Å². The van der Waals surface area contributed by atoms with Crippen molar-refractivity contribution in [1.82, 2.24) is 9.97 Å². The predicted molar refractivity (Wildman–Crippen MR) is 148 cm³/mol. The van der Waals surface area contributed by atoms with Crippen molar-refractivity contribution in [2.75, 3.05) is 0 Å². The average molecular weight is 453 g/mol. The van der Waals surface area contributed by atoms with Crippen LogP contribution in [-0.4, -0.2) is 9.97 Å². The molecule has 2 heteroatoms. The zero-order chi connectivity index (χ0) is 23.9. The fraction of sp³-hybridized carbons (Fsp3) is 0.212. The van der Waals surface area contributed by atoms with E-state index < -0.39 is 0 Å². The summed E-state index contributed by atoms with van der Waals surface area (Å²) in [5.74, 6) is 0.634. The molecule has 0 aliphatic heterocycles. The van der Waals surface area contributed by atoms with Crippen molar-refractivity contribution < 1.29 is 0 Å². The molecule has 7 rings (SSSR count). The summed E-state index contributed by atoms with van der Waals surface area (Å²) in [7, 11) is 0. The van der Waals surface area contributed by atoms with Gasteiger partial charge in [0.15, 0.2) is 0 Å². The number of rotatable bonds is 2. The maximum Gasteiger partial charge on any atom is 0.0802 e. The van der Waals surface area contributed by atoms with E-state index in [0.717, 1.165) is 34.3 Å². The number of benzene rings is 4. The molecule has 170 valence electrons. The molecule has 0 fully saturated rings. The minimum Gasteiger partial charge on any atom is -0.256 e. The molecule has 0 saturated heterocycles. The van der Waals surface area contributed by atoms with Gasteiger partial charge in [-0.3, -0.25) is 9.97 Å². The molecule has 2 heterocycles. The van der Waals surface area contributed by atoms with Crippen molar-refractivity contribution >= 4 is 43.2 Å². The summed E-state index contributed by atoms with van der Waals surface area (Å²) in [5.41, 5.74) is 6.86. The fourth-order valence-corrected chi connectivity index (χ4v) is 6.15. The van der Waals surface area contributed by atoms with Crippen LogP contribution in [0.1, 0.15) is 44.5 Å². The van der Waals surface area contributed by atoms with E-state index in [1.54, 1.807) is 0 Å². The fourth-order valence-electron chi connectivity index (χ4n) is 6.15. The molecule has 0 N–H and O–H groups in total. The minimum atomic E-state index is -0.237. The van der Waals surface area contributed by atoms with E-state index in [0.29, 0.717) is 5.92 Å². The zero-order valence-corrected chi connectivity index (χ0v) is 20.7. The first-order chi connectivity index (χ1) is 16.9. The van der Waals surface area contributed by atoms with Crippen molar-refractivity contribution in [3.05, 3.63) is 95.8 Å². The molecular formula is C33H28N2. The summed E-state index contributed by atoms with van der Waals surface area (Å²) in [5, 5.41) is 8.97. The standard InChI is InChI=1S/C33H28N2/c1-19(2)15-20-9-10-21-11-12-23-24-13-14-34-31-27-17-22-7-5-6-8-29(22)35-32(27)33(3,4)28(30(24)31)18-26(23)25(21)16-20/h5-14,16-19H,15H2,1-4H3. The topological polar surface area (TPSA) is 25.8 Å². The van der Waals surface area contributed by atoms with Gasteiger partial charge in [-0.1, -0.05) is 76.2 Å². The first-order valence-corrected chi connectivity index (χ1v) is 12.6. The van der Waals surface area contributed by atoms with Gasteiger partial charge < -0.3 is 0 Å². The third-order valence-electron chi connectivity index (χ3n) is 7.82. The Morgan fingerprint density at radius 2 is 1.60 bits per heavy atom. The number of hydrogen-bond donors (Lipinski definition) is 0. The van der Waals surface area contributed by atoms with Gasteiger partial charge in [0.2, 0.25) is 0 Å². The van der Waals surface area contributed by atoms with E-state index in [-0.39, 0.29) is 5.41 Å². The third kappa shape index (κ3) is 2.89. The average Bonchev–Trinajstić information content (AvgIpc) is 2.85. The second-order valence-corrected chi connectivity index (χ2v) is 11.0. The number of para-hydroxylation sites is 1. The van der Waals surface area contributed by atoms with Crippen LogP contribution in [0.5, 0.6) is 0 Å². The molecule has 1 aliphatic carbocycles. The van der Waals surface area contributed by atoms with E-state index in [1.165, 1.54) is 43.4 Å². The maximum atomic E-state index is 5.20. The molecule has 0 atom stereocenters. The smallest absolute Gasteiger partial charge is 0.0802 e. The van der Waals surface area contributed by atoms with E-state index in [1.807, 2.05) is 6.20 Å². The third-order valence-corrected chi connectivity index (χ3v) is 7.82. The Morgan fingerprint density at radius 1 is 0.771 bits per heavy atom. The Labute approximate surface area is 205 Å². The van der Waals surface area contributed by atoms with Crippen molar-refractivity contribution in [2.24, 2.45) is 5.92 Å². The van der Waals surface area contributed by atoms with Crippen LogP contribution in [0.15, 0.2) is 79.0 Å². The van der Waals surface area contributed by atoms with Crippen LogP contribution in [0.4, 0.5) is 0 Å². The minimum absolute atomic E-state index is 0.237. The van der Waals surface area contributed by atoms with E-state index in [9.17, 15) is 0 Å². The summed E-state index contributed by atoms with van der Waals surface area (Å²) in [4.78, 5) is 10.1. The molecule has 1 aliphatic rings. The second kappa shape index (κ2) is 7.11. The Balaban J connectivity index is 1.63. The molecule has 0 amide bonds. The SMILES string of the molecule is CC(C)Cc1ccc2ccc3c4ccnc5c4c(cc3c2c1)C(C)(C)c1nc2ccccc2cc1-5. The Morgan fingerprint density at radius 3 is 2.46 bits per heavy atom. The summed E-state index contributed by atoms with van der Waals surface area (Å²) < 4.78 is 0. The van der Waals surface area contributed by atoms with Gasteiger partial charge in [-0.15, -0.1) is 0 Å². The van der Waals surface area contributed by atoms with Crippen LogP contribution < -0.4 is 0 Å². The van der Waals surface area contributed by atoms with Gasteiger partial charge in [-0.05, 0) is 74.7 Å². The van der Waals surface area contributed by atoms with Crippen LogP contribution in [0.2, 0.25) is 0 Å². The van der Waals surface area contributed by atoms with Crippen molar-refractivity contribution in [2.45, 2.75) is 39.5 Å². The first kappa shape index (κ1) is 20.6. The molecule has 0 saturated carbocycles. The Kier molecular flexibility index (Phi) is 4.18. The van der Waals surface area contributed by atoms with Crippen LogP contribution in [0, 0.1) is 5.92 Å². The highest BCUT2D eigenvalue weighted by Crippen LogP contribution is 2.50. The largest absolute Gasteiger partial charge is 0.256 e. The van der Waals surface area contributed by atoms with Crippen molar-refractivity contribution in [3.63, 3.8) is 0 Å². The lowest BCUT2D eigenvalue weighted by molar-refractivity contribution is 0.624. The van der Waals surface area contributed by atoms with Crippen molar-refractivity contribution in [3.8, 4) is 11.3 Å². The number of pyridine rings is 2. The monoisotopic (exact) mass is 452 g/mol. The maximum absolute atomic E-state index is 5.20. The summed E-state index contributed by atoms with van der Waals surface area (Å²) in [6.45, 7) is 9.21.